The Morgan fingerprint density at radius 2 is 1.59 bits per heavy atom. The molecule has 8 heteroatoms. The summed E-state index contributed by atoms with van der Waals surface area (Å²) in [5.41, 5.74) is 0.921. The third-order valence-corrected chi connectivity index (χ3v) is 7.45. The van der Waals surface area contributed by atoms with E-state index in [9.17, 15) is 18.3 Å². The molecule has 2 bridgehead atoms. The molecule has 0 amide bonds. The van der Waals surface area contributed by atoms with Crippen LogP contribution in [0.5, 0.6) is 5.75 Å². The van der Waals surface area contributed by atoms with E-state index in [0.29, 0.717) is 42.5 Å². The molecule has 2 saturated heterocycles. The molecule has 4 nitrogen and oxygen atoms in total. The van der Waals surface area contributed by atoms with Gasteiger partial charge in [0.25, 0.3) is 0 Å². The summed E-state index contributed by atoms with van der Waals surface area (Å²) >= 11 is 5.94. The Bertz CT molecular complexity index is 1270. The maximum atomic E-state index is 13.3. The fourth-order valence-electron chi connectivity index (χ4n) is 5.23. The summed E-state index contributed by atoms with van der Waals surface area (Å²) in [6.45, 7) is 0.898. The predicted octanol–water partition coefficient (Wildman–Crippen LogP) is 6.10. The van der Waals surface area contributed by atoms with E-state index in [1.54, 1.807) is 6.20 Å². The second kappa shape index (κ2) is 10.4. The van der Waals surface area contributed by atoms with Crippen molar-refractivity contribution in [3.63, 3.8) is 0 Å². The van der Waals surface area contributed by atoms with Crippen molar-refractivity contribution in [3.05, 3.63) is 83.1 Å². The van der Waals surface area contributed by atoms with Crippen LogP contribution in [-0.4, -0.2) is 52.0 Å². The normalized spacial score (nSPS) is 23.4. The van der Waals surface area contributed by atoms with Crippen LogP contribution in [0.3, 0.4) is 0 Å². The number of rotatable bonds is 5. The fourth-order valence-corrected chi connectivity index (χ4v) is 5.36. The number of piperidine rings is 1. The van der Waals surface area contributed by atoms with Crippen molar-refractivity contribution in [1.82, 2.24) is 9.88 Å². The van der Waals surface area contributed by atoms with Gasteiger partial charge in [0.15, 0.2) is 5.60 Å². The predicted molar refractivity (Wildman–Crippen MR) is 136 cm³/mol. The van der Waals surface area contributed by atoms with E-state index < -0.39 is 11.8 Å². The molecule has 2 fully saturated rings. The third-order valence-electron chi connectivity index (χ3n) is 7.19. The lowest BCUT2D eigenvalue weighted by Crippen LogP contribution is -2.58. The number of aromatic nitrogens is 1. The van der Waals surface area contributed by atoms with Crippen LogP contribution in [0.1, 0.15) is 36.9 Å². The molecule has 5 rings (SSSR count). The first-order valence-electron chi connectivity index (χ1n) is 12.2. The molecule has 192 valence electrons. The Morgan fingerprint density at radius 1 is 0.946 bits per heavy atom. The molecular weight excluding hydrogens is 501 g/mol. The van der Waals surface area contributed by atoms with Crippen LogP contribution in [-0.2, 0) is 0 Å². The number of hydrogen-bond acceptors (Lipinski definition) is 4. The van der Waals surface area contributed by atoms with Gasteiger partial charge in [-0.1, -0.05) is 35.7 Å². The van der Waals surface area contributed by atoms with Crippen LogP contribution < -0.4 is 4.74 Å². The van der Waals surface area contributed by atoms with Gasteiger partial charge in [-0.15, -0.1) is 0 Å². The summed E-state index contributed by atoms with van der Waals surface area (Å²) < 4.78 is 45.6. The van der Waals surface area contributed by atoms with Crippen LogP contribution in [0.25, 0.3) is 11.1 Å². The summed E-state index contributed by atoms with van der Waals surface area (Å²) in [6.07, 6.45) is -1.98. The number of benzene rings is 2. The van der Waals surface area contributed by atoms with E-state index in [0.717, 1.165) is 16.7 Å². The monoisotopic (exact) mass is 526 g/mol. The Balaban J connectivity index is 1.12. The highest BCUT2D eigenvalue weighted by Gasteiger charge is 2.60. The quantitative estimate of drug-likeness (QED) is 0.408. The van der Waals surface area contributed by atoms with E-state index >= 15 is 0 Å². The van der Waals surface area contributed by atoms with E-state index in [4.69, 9.17) is 16.3 Å². The molecule has 2 aliphatic rings. The van der Waals surface area contributed by atoms with Gasteiger partial charge in [-0.05, 0) is 66.8 Å². The molecule has 1 aromatic heterocycles. The zero-order valence-electron chi connectivity index (χ0n) is 20.0. The van der Waals surface area contributed by atoms with Gasteiger partial charge >= 0.3 is 6.18 Å². The maximum absolute atomic E-state index is 13.3. The van der Waals surface area contributed by atoms with Gasteiger partial charge in [0.2, 0.25) is 0 Å². The molecule has 1 N–H and O–H groups in total. The van der Waals surface area contributed by atoms with Crippen molar-refractivity contribution < 1.29 is 23.0 Å². The number of nitrogens with zero attached hydrogens (tertiary/aromatic N) is 2. The Morgan fingerprint density at radius 3 is 2.19 bits per heavy atom. The molecule has 0 spiro atoms. The molecule has 2 aliphatic heterocycles. The highest BCUT2D eigenvalue weighted by Crippen LogP contribution is 2.47. The van der Waals surface area contributed by atoms with E-state index in [-0.39, 0.29) is 24.9 Å². The molecule has 3 aromatic rings. The zero-order valence-corrected chi connectivity index (χ0v) is 20.8. The second-order valence-electron chi connectivity index (χ2n) is 9.62. The van der Waals surface area contributed by atoms with E-state index in [2.05, 4.69) is 21.7 Å². The summed E-state index contributed by atoms with van der Waals surface area (Å²) in [7, 11) is 0. The van der Waals surface area contributed by atoms with Gasteiger partial charge in [0.05, 0.1) is 0 Å². The standard InChI is InChI=1S/C29H26ClF3N2O2/c30-23-7-4-21(5-8-23)22-6-10-24(34-19-22)9-1-20-2-13-27(14-3-20)37-16-15-35-25-11-12-26(35)18-28(36,17-25)29(31,32)33/h2-8,10,13-14,19,25-26,36H,11-12,15-18H2/t25-,26+,28?. The Hall–Kier alpha value is -3.05. The number of aliphatic hydroxyl groups is 1. The van der Waals surface area contributed by atoms with Gasteiger partial charge in [-0.2, -0.15) is 13.2 Å². The van der Waals surface area contributed by atoms with Crippen LogP contribution >= 0.6 is 11.6 Å². The van der Waals surface area contributed by atoms with Crippen molar-refractivity contribution in [1.29, 1.82) is 0 Å². The first kappa shape index (κ1) is 25.6. The molecule has 0 aliphatic carbocycles. The minimum atomic E-state index is -4.59. The minimum absolute atomic E-state index is 0.263. The van der Waals surface area contributed by atoms with E-state index in [1.807, 2.05) is 60.7 Å². The highest BCUT2D eigenvalue weighted by molar-refractivity contribution is 6.30. The third kappa shape index (κ3) is 5.77. The van der Waals surface area contributed by atoms with Gasteiger partial charge in [0, 0.05) is 53.8 Å². The number of pyridine rings is 1. The second-order valence-corrected chi connectivity index (χ2v) is 10.1. The molecule has 37 heavy (non-hydrogen) atoms. The maximum Gasteiger partial charge on any atom is 0.417 e. The van der Waals surface area contributed by atoms with Crippen molar-refractivity contribution in [2.45, 2.75) is 49.5 Å². The molecule has 0 saturated carbocycles. The average Bonchev–Trinajstić information content (AvgIpc) is 3.12. The summed E-state index contributed by atoms with van der Waals surface area (Å²) in [4.78, 5) is 6.48. The molecule has 3 atom stereocenters. The van der Waals surface area contributed by atoms with E-state index in [1.165, 1.54) is 0 Å². The Labute approximate surface area is 219 Å². The lowest BCUT2D eigenvalue weighted by Gasteiger charge is -2.44. The number of fused-ring (bicyclic) bond motifs is 2. The number of hydrogen-bond donors (Lipinski definition) is 1. The van der Waals surface area contributed by atoms with Crippen molar-refractivity contribution in [2.75, 3.05) is 13.2 Å². The fraction of sp³-hybridized carbons (Fsp3) is 0.345. The van der Waals surface area contributed by atoms with Crippen LogP contribution in [0.4, 0.5) is 13.2 Å². The lowest BCUT2D eigenvalue weighted by molar-refractivity contribution is -0.279. The number of ether oxygens (including phenoxy) is 1. The van der Waals surface area contributed by atoms with Crippen LogP contribution in [0.2, 0.25) is 5.02 Å². The van der Waals surface area contributed by atoms with Gasteiger partial charge < -0.3 is 9.84 Å². The number of halogens is 4. The smallest absolute Gasteiger partial charge is 0.417 e. The first-order valence-corrected chi connectivity index (χ1v) is 12.6. The first-order chi connectivity index (χ1) is 17.7. The topological polar surface area (TPSA) is 45.6 Å². The highest BCUT2D eigenvalue weighted by atomic mass is 35.5. The van der Waals surface area contributed by atoms with Crippen molar-refractivity contribution in [3.8, 4) is 28.7 Å². The van der Waals surface area contributed by atoms with Gasteiger partial charge in [0.1, 0.15) is 18.1 Å². The van der Waals surface area contributed by atoms with Gasteiger partial charge in [-0.25, -0.2) is 4.98 Å². The van der Waals surface area contributed by atoms with Crippen LogP contribution in [0, 0.1) is 11.8 Å². The summed E-state index contributed by atoms with van der Waals surface area (Å²) in [6, 6.07) is 18.3. The largest absolute Gasteiger partial charge is 0.492 e. The average molecular weight is 527 g/mol. The van der Waals surface area contributed by atoms with Crippen molar-refractivity contribution in [2.24, 2.45) is 0 Å². The molecule has 1 unspecified atom stereocenters. The zero-order chi connectivity index (χ0) is 26.0. The lowest BCUT2D eigenvalue weighted by atomic mass is 9.85. The molecule has 3 heterocycles. The van der Waals surface area contributed by atoms with Crippen molar-refractivity contribution >= 4 is 11.6 Å². The number of alkyl halides is 3. The molecule has 0 radical (unpaired) electrons. The van der Waals surface area contributed by atoms with Gasteiger partial charge in [-0.3, -0.25) is 4.90 Å². The van der Waals surface area contributed by atoms with Crippen LogP contribution in [0.15, 0.2) is 66.9 Å². The molecule has 2 aromatic carbocycles. The summed E-state index contributed by atoms with van der Waals surface area (Å²) in [5, 5.41) is 10.8. The Kier molecular flexibility index (Phi) is 7.17. The summed E-state index contributed by atoms with van der Waals surface area (Å²) in [5.74, 6) is 6.82. The molecular formula is C29H26ClF3N2O2. The SMILES string of the molecule is OC1(C(F)(F)F)C[C@H]2CC[C@@H](C1)N2CCOc1ccc(C#Cc2ccc(-c3ccc(Cl)cc3)cn2)cc1. The minimum Gasteiger partial charge on any atom is -0.492 e.